The fourth-order valence-corrected chi connectivity index (χ4v) is 1.91. The van der Waals surface area contributed by atoms with Gasteiger partial charge in [0.25, 0.3) is 10.0 Å². The Morgan fingerprint density at radius 3 is 2.40 bits per heavy atom. The van der Waals surface area contributed by atoms with E-state index in [-0.39, 0.29) is 10.6 Å². The van der Waals surface area contributed by atoms with Gasteiger partial charge in [-0.25, -0.2) is 4.39 Å². The van der Waals surface area contributed by atoms with Gasteiger partial charge in [0.05, 0.1) is 5.69 Å². The van der Waals surface area contributed by atoms with Gasteiger partial charge in [0, 0.05) is 0 Å². The molecule has 6 N–H and O–H groups in total. The van der Waals surface area contributed by atoms with Crippen LogP contribution in [0.4, 0.5) is 10.1 Å². The van der Waals surface area contributed by atoms with E-state index in [9.17, 15) is 12.8 Å². The van der Waals surface area contributed by atoms with E-state index < -0.39 is 21.8 Å². The standard InChI is InChI=1S/C7H9FN4O2S/c8-4-1-2-6(5(9)3-4)15(13,14)12-7(10)11/h1-3H,9H2,(H4,10,11,12). The van der Waals surface area contributed by atoms with Crippen molar-refractivity contribution in [3.05, 3.63) is 24.0 Å². The number of nitrogen functional groups attached to an aromatic ring is 1. The number of rotatable bonds is 2. The molecule has 0 aromatic heterocycles. The Bertz CT molecular complexity index is 508. The maximum atomic E-state index is 12.6. The van der Waals surface area contributed by atoms with Crippen molar-refractivity contribution in [2.75, 3.05) is 5.73 Å². The average molecular weight is 232 g/mol. The molecule has 0 amide bonds. The van der Waals surface area contributed by atoms with E-state index in [2.05, 4.69) is 4.40 Å². The summed E-state index contributed by atoms with van der Waals surface area (Å²) in [6, 6.07) is 2.81. The lowest BCUT2D eigenvalue weighted by atomic mass is 10.3. The second-order valence-electron chi connectivity index (χ2n) is 2.67. The lowest BCUT2D eigenvalue weighted by Gasteiger charge is -2.02. The summed E-state index contributed by atoms with van der Waals surface area (Å²) in [5, 5.41) is 0. The number of sulfonamides is 1. The van der Waals surface area contributed by atoms with E-state index >= 15 is 0 Å². The Morgan fingerprint density at radius 1 is 1.33 bits per heavy atom. The van der Waals surface area contributed by atoms with Crippen LogP contribution in [0.3, 0.4) is 0 Å². The van der Waals surface area contributed by atoms with Gasteiger partial charge in [-0.2, -0.15) is 8.42 Å². The summed E-state index contributed by atoms with van der Waals surface area (Å²) >= 11 is 0. The highest BCUT2D eigenvalue weighted by molar-refractivity contribution is 7.90. The summed E-state index contributed by atoms with van der Waals surface area (Å²) in [5.41, 5.74) is 14.9. The molecule has 0 radical (unpaired) electrons. The molecule has 1 aromatic rings. The molecule has 0 aliphatic rings. The van der Waals surface area contributed by atoms with Crippen LogP contribution in [0.25, 0.3) is 0 Å². The highest BCUT2D eigenvalue weighted by Crippen LogP contribution is 2.20. The number of guanidine groups is 1. The molecule has 0 spiro atoms. The molecule has 0 heterocycles. The molecule has 6 nitrogen and oxygen atoms in total. The maximum Gasteiger partial charge on any atom is 0.287 e. The van der Waals surface area contributed by atoms with E-state index in [0.29, 0.717) is 0 Å². The lowest BCUT2D eigenvalue weighted by molar-refractivity contribution is 0.597. The SMILES string of the molecule is NC(N)=NS(=O)(=O)c1ccc(F)cc1N. The predicted molar refractivity (Wildman–Crippen MR) is 53.8 cm³/mol. The van der Waals surface area contributed by atoms with Gasteiger partial charge >= 0.3 is 0 Å². The van der Waals surface area contributed by atoms with E-state index in [0.717, 1.165) is 18.2 Å². The number of halogens is 1. The Hall–Kier alpha value is -1.83. The minimum Gasteiger partial charge on any atom is -0.398 e. The second-order valence-corrected chi connectivity index (χ2v) is 4.25. The summed E-state index contributed by atoms with van der Waals surface area (Å²) in [5.74, 6) is -1.25. The van der Waals surface area contributed by atoms with Gasteiger partial charge in [-0.3, -0.25) is 0 Å². The minimum absolute atomic E-state index is 0.250. The van der Waals surface area contributed by atoms with Gasteiger partial charge in [0.15, 0.2) is 0 Å². The van der Waals surface area contributed by atoms with Gasteiger partial charge in [0.1, 0.15) is 10.7 Å². The fourth-order valence-electron chi connectivity index (χ4n) is 0.942. The van der Waals surface area contributed by atoms with E-state index in [1.165, 1.54) is 0 Å². The monoisotopic (exact) mass is 232 g/mol. The summed E-state index contributed by atoms with van der Waals surface area (Å²) in [7, 11) is -4.06. The molecule has 0 aliphatic carbocycles. The van der Waals surface area contributed by atoms with Crippen LogP contribution in [-0.2, 0) is 10.0 Å². The predicted octanol–water partition coefficient (Wildman–Crippen LogP) is -0.630. The van der Waals surface area contributed by atoms with E-state index in [1.54, 1.807) is 0 Å². The lowest BCUT2D eigenvalue weighted by Crippen LogP contribution is -2.24. The van der Waals surface area contributed by atoms with Crippen LogP contribution in [0.1, 0.15) is 0 Å². The third kappa shape index (κ3) is 2.56. The molecular weight excluding hydrogens is 223 g/mol. The van der Waals surface area contributed by atoms with Crippen molar-refractivity contribution in [2.45, 2.75) is 4.90 Å². The average Bonchev–Trinajstić information content (AvgIpc) is 1.99. The van der Waals surface area contributed by atoms with Crippen molar-refractivity contribution in [3.8, 4) is 0 Å². The van der Waals surface area contributed by atoms with Gasteiger partial charge in [-0.15, -0.1) is 4.40 Å². The Kier molecular flexibility index (Phi) is 2.80. The number of benzene rings is 1. The van der Waals surface area contributed by atoms with Crippen LogP contribution < -0.4 is 17.2 Å². The summed E-state index contributed by atoms with van der Waals surface area (Å²) in [6.45, 7) is 0. The molecule has 0 aliphatic heterocycles. The minimum atomic E-state index is -4.06. The first-order valence-electron chi connectivity index (χ1n) is 3.74. The number of anilines is 1. The number of nitrogens with zero attached hydrogens (tertiary/aromatic N) is 1. The van der Waals surface area contributed by atoms with Crippen LogP contribution in [0.5, 0.6) is 0 Å². The smallest absolute Gasteiger partial charge is 0.287 e. The second kappa shape index (κ2) is 3.73. The molecule has 0 unspecified atom stereocenters. The van der Waals surface area contributed by atoms with Crippen molar-refractivity contribution in [1.82, 2.24) is 0 Å². The zero-order valence-electron chi connectivity index (χ0n) is 7.51. The van der Waals surface area contributed by atoms with Gasteiger partial charge in [0.2, 0.25) is 5.96 Å². The van der Waals surface area contributed by atoms with Gasteiger partial charge in [-0.1, -0.05) is 0 Å². The fraction of sp³-hybridized carbons (Fsp3) is 0. The molecule has 1 rings (SSSR count). The van der Waals surface area contributed by atoms with Gasteiger partial charge in [-0.05, 0) is 18.2 Å². The Labute approximate surface area is 85.6 Å². The zero-order valence-corrected chi connectivity index (χ0v) is 8.33. The summed E-state index contributed by atoms with van der Waals surface area (Å²) in [6.07, 6.45) is 0. The quantitative estimate of drug-likeness (QED) is 0.355. The van der Waals surface area contributed by atoms with Crippen LogP contribution in [-0.4, -0.2) is 14.4 Å². The zero-order chi connectivity index (χ0) is 11.6. The molecule has 82 valence electrons. The first kappa shape index (κ1) is 11.2. The number of nitrogens with two attached hydrogens (primary N) is 3. The van der Waals surface area contributed by atoms with Crippen LogP contribution in [0.15, 0.2) is 27.5 Å². The maximum absolute atomic E-state index is 12.6. The third-order valence-corrected chi connectivity index (χ3v) is 2.85. The van der Waals surface area contributed by atoms with Crippen molar-refractivity contribution >= 4 is 21.7 Å². The Balaban J connectivity index is 3.35. The molecule has 0 saturated carbocycles. The van der Waals surface area contributed by atoms with E-state index in [1.807, 2.05) is 0 Å². The molecule has 1 aromatic carbocycles. The Morgan fingerprint density at radius 2 is 1.93 bits per heavy atom. The molecule has 0 bridgehead atoms. The van der Waals surface area contributed by atoms with Crippen LogP contribution in [0, 0.1) is 5.82 Å². The van der Waals surface area contributed by atoms with Crippen molar-refractivity contribution in [2.24, 2.45) is 15.9 Å². The summed E-state index contributed by atoms with van der Waals surface area (Å²) < 4.78 is 38.5. The van der Waals surface area contributed by atoms with E-state index in [4.69, 9.17) is 17.2 Å². The van der Waals surface area contributed by atoms with Crippen LogP contribution in [0.2, 0.25) is 0 Å². The van der Waals surface area contributed by atoms with Crippen LogP contribution >= 0.6 is 0 Å². The highest BCUT2D eigenvalue weighted by atomic mass is 32.2. The molecule has 0 fully saturated rings. The normalized spacial score (nSPS) is 11.0. The first-order valence-corrected chi connectivity index (χ1v) is 5.18. The summed E-state index contributed by atoms with van der Waals surface area (Å²) in [4.78, 5) is -0.336. The number of hydrogen-bond donors (Lipinski definition) is 3. The highest BCUT2D eigenvalue weighted by Gasteiger charge is 2.16. The topological polar surface area (TPSA) is 125 Å². The molecular formula is C7H9FN4O2S. The van der Waals surface area contributed by atoms with Crippen molar-refractivity contribution in [3.63, 3.8) is 0 Å². The third-order valence-electron chi connectivity index (χ3n) is 1.48. The van der Waals surface area contributed by atoms with Crippen molar-refractivity contribution in [1.29, 1.82) is 0 Å². The van der Waals surface area contributed by atoms with Crippen molar-refractivity contribution < 1.29 is 12.8 Å². The largest absolute Gasteiger partial charge is 0.398 e. The number of hydrogen-bond acceptors (Lipinski definition) is 3. The first-order chi connectivity index (χ1) is 6.83. The molecule has 8 heteroatoms. The molecule has 15 heavy (non-hydrogen) atoms. The molecule has 0 saturated heterocycles. The van der Waals surface area contributed by atoms with Gasteiger partial charge < -0.3 is 17.2 Å². The molecule has 0 atom stereocenters.